The summed E-state index contributed by atoms with van der Waals surface area (Å²) in [6, 6.07) is 6.06. The van der Waals surface area contributed by atoms with Crippen molar-refractivity contribution in [3.63, 3.8) is 0 Å². The third kappa shape index (κ3) is 3.08. The van der Waals surface area contributed by atoms with Crippen molar-refractivity contribution in [1.29, 1.82) is 0 Å². The maximum absolute atomic E-state index is 13.7. The van der Waals surface area contributed by atoms with E-state index in [1.807, 2.05) is 6.07 Å². The third-order valence-electron chi connectivity index (χ3n) is 5.37. The Morgan fingerprint density at radius 1 is 1.29 bits per heavy atom. The summed E-state index contributed by atoms with van der Waals surface area (Å²) < 4.78 is 13.7. The molecule has 0 spiro atoms. The van der Waals surface area contributed by atoms with E-state index in [2.05, 4.69) is 11.8 Å². The Bertz CT molecular complexity index is 488. The average molecular weight is 290 g/mol. The fourth-order valence-corrected chi connectivity index (χ4v) is 4.13. The second kappa shape index (κ2) is 6.35. The van der Waals surface area contributed by atoms with Gasteiger partial charge in [0.05, 0.1) is 0 Å². The molecule has 2 aliphatic rings. The smallest absolute Gasteiger partial charge is 0.123 e. The molecule has 3 heteroatoms. The van der Waals surface area contributed by atoms with Gasteiger partial charge in [0.1, 0.15) is 5.82 Å². The van der Waals surface area contributed by atoms with Crippen LogP contribution in [0.4, 0.5) is 10.1 Å². The molecule has 3 rings (SSSR count). The highest BCUT2D eigenvalue weighted by atomic mass is 19.1. The summed E-state index contributed by atoms with van der Waals surface area (Å²) >= 11 is 0. The number of rotatable bonds is 4. The van der Waals surface area contributed by atoms with E-state index in [-0.39, 0.29) is 11.9 Å². The van der Waals surface area contributed by atoms with Crippen LogP contribution >= 0.6 is 0 Å². The molecule has 2 nitrogen and oxygen atoms in total. The fourth-order valence-electron chi connectivity index (χ4n) is 4.13. The van der Waals surface area contributed by atoms with Gasteiger partial charge in [-0.15, -0.1) is 0 Å². The van der Waals surface area contributed by atoms with Crippen molar-refractivity contribution in [2.24, 2.45) is 11.7 Å². The maximum atomic E-state index is 13.7. The molecule has 0 bridgehead atoms. The molecule has 2 fully saturated rings. The molecule has 2 N–H and O–H groups in total. The first-order valence-corrected chi connectivity index (χ1v) is 8.49. The van der Waals surface area contributed by atoms with Gasteiger partial charge >= 0.3 is 0 Å². The monoisotopic (exact) mass is 290 g/mol. The summed E-state index contributed by atoms with van der Waals surface area (Å²) in [7, 11) is 0. The lowest BCUT2D eigenvalue weighted by atomic mass is 9.85. The van der Waals surface area contributed by atoms with Crippen LogP contribution in [0.5, 0.6) is 0 Å². The molecule has 1 aromatic rings. The van der Waals surface area contributed by atoms with Gasteiger partial charge in [-0.25, -0.2) is 4.39 Å². The van der Waals surface area contributed by atoms with Crippen molar-refractivity contribution >= 4 is 5.69 Å². The van der Waals surface area contributed by atoms with Crippen molar-refractivity contribution in [2.75, 3.05) is 11.4 Å². The number of hydrogen-bond acceptors (Lipinski definition) is 2. The molecule has 3 atom stereocenters. The normalized spacial score (nSPS) is 26.7. The van der Waals surface area contributed by atoms with Crippen LogP contribution < -0.4 is 10.6 Å². The van der Waals surface area contributed by atoms with Gasteiger partial charge in [0.15, 0.2) is 0 Å². The molecular formula is C18H27FN2. The van der Waals surface area contributed by atoms with Crippen molar-refractivity contribution in [3.05, 3.63) is 29.6 Å². The van der Waals surface area contributed by atoms with Gasteiger partial charge in [-0.2, -0.15) is 0 Å². The predicted molar refractivity (Wildman–Crippen MR) is 86.1 cm³/mol. The Morgan fingerprint density at radius 3 is 2.90 bits per heavy atom. The van der Waals surface area contributed by atoms with E-state index in [1.165, 1.54) is 37.8 Å². The van der Waals surface area contributed by atoms with Crippen molar-refractivity contribution in [1.82, 2.24) is 0 Å². The first-order valence-electron chi connectivity index (χ1n) is 8.49. The van der Waals surface area contributed by atoms with Crippen LogP contribution in [0.2, 0.25) is 0 Å². The van der Waals surface area contributed by atoms with Crippen molar-refractivity contribution in [3.8, 4) is 0 Å². The Labute approximate surface area is 127 Å². The lowest BCUT2D eigenvalue weighted by Crippen LogP contribution is -2.35. The van der Waals surface area contributed by atoms with E-state index in [1.54, 1.807) is 12.1 Å². The fraction of sp³-hybridized carbons (Fsp3) is 0.667. The van der Waals surface area contributed by atoms with Crippen LogP contribution in [-0.2, 0) is 6.42 Å². The Kier molecular flexibility index (Phi) is 4.48. The zero-order valence-corrected chi connectivity index (χ0v) is 13.0. The van der Waals surface area contributed by atoms with E-state index in [0.29, 0.717) is 6.04 Å². The zero-order chi connectivity index (χ0) is 14.8. The van der Waals surface area contributed by atoms with E-state index in [9.17, 15) is 4.39 Å². The highest BCUT2D eigenvalue weighted by Gasteiger charge is 2.36. The molecule has 1 aliphatic carbocycles. The topological polar surface area (TPSA) is 29.3 Å². The summed E-state index contributed by atoms with van der Waals surface area (Å²) in [5, 5.41) is 0. The first kappa shape index (κ1) is 14.8. The van der Waals surface area contributed by atoms with Crippen LogP contribution in [0.1, 0.15) is 51.0 Å². The molecule has 1 heterocycles. The third-order valence-corrected chi connectivity index (χ3v) is 5.37. The minimum Gasteiger partial charge on any atom is -0.368 e. The standard InChI is InChI=1S/C18H27FN2/c1-2-16(20)12-14-11-15(19)7-8-18(14)21-10-9-13-5-3-4-6-17(13)21/h7-8,11,13,16-17H,2-6,9-10,12,20H2,1H3. The molecular weight excluding hydrogens is 263 g/mol. The molecule has 21 heavy (non-hydrogen) atoms. The number of halogens is 1. The first-order chi connectivity index (χ1) is 10.2. The second-order valence-electron chi connectivity index (χ2n) is 6.74. The highest BCUT2D eigenvalue weighted by Crippen LogP contribution is 2.40. The van der Waals surface area contributed by atoms with Gasteiger partial charge in [0.25, 0.3) is 0 Å². The van der Waals surface area contributed by atoms with Gasteiger partial charge in [0, 0.05) is 24.3 Å². The lowest BCUT2D eigenvalue weighted by Gasteiger charge is -2.34. The minimum atomic E-state index is -0.142. The van der Waals surface area contributed by atoms with Crippen LogP contribution in [0.3, 0.4) is 0 Å². The summed E-state index contributed by atoms with van der Waals surface area (Å²) in [6.07, 6.45) is 8.38. The van der Waals surface area contributed by atoms with Crippen LogP contribution in [0, 0.1) is 11.7 Å². The second-order valence-corrected chi connectivity index (χ2v) is 6.74. The van der Waals surface area contributed by atoms with Gasteiger partial charge < -0.3 is 10.6 Å². The van der Waals surface area contributed by atoms with Crippen LogP contribution in [0.15, 0.2) is 18.2 Å². The van der Waals surface area contributed by atoms with E-state index >= 15 is 0 Å². The molecule has 1 aromatic carbocycles. The predicted octanol–water partition coefficient (Wildman–Crippen LogP) is 3.87. The molecule has 0 radical (unpaired) electrons. The van der Waals surface area contributed by atoms with E-state index in [0.717, 1.165) is 30.9 Å². The molecule has 1 aliphatic heterocycles. The van der Waals surface area contributed by atoms with Crippen LogP contribution in [0.25, 0.3) is 0 Å². The van der Waals surface area contributed by atoms with Crippen molar-refractivity contribution < 1.29 is 4.39 Å². The van der Waals surface area contributed by atoms with E-state index in [4.69, 9.17) is 5.73 Å². The Morgan fingerprint density at radius 2 is 2.10 bits per heavy atom. The van der Waals surface area contributed by atoms with Crippen LogP contribution in [-0.4, -0.2) is 18.6 Å². The maximum Gasteiger partial charge on any atom is 0.123 e. The molecule has 1 saturated carbocycles. The zero-order valence-electron chi connectivity index (χ0n) is 13.0. The number of fused-ring (bicyclic) bond motifs is 1. The molecule has 0 aromatic heterocycles. The van der Waals surface area contributed by atoms with Gasteiger partial charge in [-0.3, -0.25) is 0 Å². The average Bonchev–Trinajstić information content (AvgIpc) is 2.91. The van der Waals surface area contributed by atoms with Gasteiger partial charge in [-0.1, -0.05) is 19.8 Å². The SMILES string of the molecule is CCC(N)Cc1cc(F)ccc1N1CCC2CCCCC21. The number of nitrogens with two attached hydrogens (primary N) is 1. The summed E-state index contributed by atoms with van der Waals surface area (Å²) in [5.74, 6) is 0.702. The molecule has 1 saturated heterocycles. The molecule has 116 valence electrons. The highest BCUT2D eigenvalue weighted by molar-refractivity contribution is 5.56. The molecule has 3 unspecified atom stereocenters. The summed E-state index contributed by atoms with van der Waals surface area (Å²) in [5.41, 5.74) is 8.44. The number of nitrogens with zero attached hydrogens (tertiary/aromatic N) is 1. The van der Waals surface area contributed by atoms with Gasteiger partial charge in [0.2, 0.25) is 0 Å². The number of anilines is 1. The summed E-state index contributed by atoms with van der Waals surface area (Å²) in [4.78, 5) is 2.54. The van der Waals surface area contributed by atoms with E-state index < -0.39 is 0 Å². The quantitative estimate of drug-likeness (QED) is 0.912. The summed E-state index contributed by atoms with van der Waals surface area (Å²) in [6.45, 7) is 3.21. The Balaban J connectivity index is 1.87. The minimum absolute atomic E-state index is 0.121. The Hall–Kier alpha value is -1.09. The van der Waals surface area contributed by atoms with Gasteiger partial charge in [-0.05, 0) is 61.8 Å². The number of hydrogen-bond donors (Lipinski definition) is 1. The molecule has 0 amide bonds. The van der Waals surface area contributed by atoms with Crippen molar-refractivity contribution in [2.45, 2.75) is 64.0 Å². The lowest BCUT2D eigenvalue weighted by molar-refractivity contribution is 0.342. The largest absolute Gasteiger partial charge is 0.368 e. The number of benzene rings is 1.